The third kappa shape index (κ3) is 5.24. The van der Waals surface area contributed by atoms with Crippen LogP contribution < -0.4 is 10.6 Å². The molecule has 15 heavy (non-hydrogen) atoms. The van der Waals surface area contributed by atoms with Crippen molar-refractivity contribution in [2.45, 2.75) is 46.7 Å². The molecule has 3 N–H and O–H groups in total. The van der Waals surface area contributed by atoms with Crippen molar-refractivity contribution in [1.29, 1.82) is 0 Å². The lowest BCUT2D eigenvalue weighted by atomic mass is 9.86. The summed E-state index contributed by atoms with van der Waals surface area (Å²) in [5.41, 5.74) is -0.447. The van der Waals surface area contributed by atoms with Gasteiger partial charge in [0.15, 0.2) is 0 Å². The lowest BCUT2D eigenvalue weighted by molar-refractivity contribution is -0.125. The number of carbonyl (C=O) groups excluding carboxylic acids is 1. The minimum Gasteiger partial charge on any atom is -0.465 e. The minimum absolute atomic E-state index is 0.00190. The fraction of sp³-hybridized carbons (Fsp3) is 0.800. The molecule has 0 heterocycles. The van der Waals surface area contributed by atoms with Crippen molar-refractivity contribution < 1.29 is 14.7 Å². The third-order valence-corrected chi connectivity index (χ3v) is 1.83. The molecule has 5 heteroatoms. The summed E-state index contributed by atoms with van der Waals surface area (Å²) in [6.45, 7) is 9.10. The first-order chi connectivity index (χ1) is 6.64. The molecule has 0 spiro atoms. The summed E-state index contributed by atoms with van der Waals surface area (Å²) in [4.78, 5) is 22.3. The molecule has 88 valence electrons. The van der Waals surface area contributed by atoms with E-state index in [1.54, 1.807) is 0 Å². The SMILES string of the molecule is CC(C)NC(=O)C(NC(=O)O)C(C)(C)C. The van der Waals surface area contributed by atoms with Gasteiger partial charge in [0.1, 0.15) is 6.04 Å². The molecule has 0 aromatic heterocycles. The Kier molecular flexibility index (Phi) is 4.58. The van der Waals surface area contributed by atoms with E-state index < -0.39 is 17.6 Å². The summed E-state index contributed by atoms with van der Waals surface area (Å²) in [6.07, 6.45) is -1.19. The maximum Gasteiger partial charge on any atom is 0.405 e. The van der Waals surface area contributed by atoms with Crippen molar-refractivity contribution in [2.24, 2.45) is 5.41 Å². The Morgan fingerprint density at radius 1 is 1.13 bits per heavy atom. The van der Waals surface area contributed by atoms with E-state index in [0.717, 1.165) is 0 Å². The topological polar surface area (TPSA) is 78.4 Å². The fourth-order valence-electron chi connectivity index (χ4n) is 1.17. The lowest BCUT2D eigenvalue weighted by Gasteiger charge is -2.29. The molecule has 0 radical (unpaired) electrons. The van der Waals surface area contributed by atoms with Gasteiger partial charge in [0.25, 0.3) is 0 Å². The van der Waals surface area contributed by atoms with Gasteiger partial charge in [0, 0.05) is 6.04 Å². The molecule has 0 bridgehead atoms. The van der Waals surface area contributed by atoms with Crippen molar-refractivity contribution in [3.8, 4) is 0 Å². The van der Waals surface area contributed by atoms with Gasteiger partial charge in [-0.2, -0.15) is 0 Å². The first kappa shape index (κ1) is 13.7. The average molecular weight is 216 g/mol. The highest BCUT2D eigenvalue weighted by Gasteiger charge is 2.32. The van der Waals surface area contributed by atoms with Crippen LogP contribution in [0.15, 0.2) is 0 Å². The fourth-order valence-corrected chi connectivity index (χ4v) is 1.17. The van der Waals surface area contributed by atoms with Crippen molar-refractivity contribution >= 4 is 12.0 Å². The molecule has 1 unspecified atom stereocenters. The first-order valence-corrected chi connectivity index (χ1v) is 4.94. The Labute approximate surface area is 90.2 Å². The smallest absolute Gasteiger partial charge is 0.405 e. The van der Waals surface area contributed by atoms with Gasteiger partial charge in [0.05, 0.1) is 0 Å². The second-order valence-corrected chi connectivity index (χ2v) is 4.91. The Balaban J connectivity index is 4.64. The zero-order chi connectivity index (χ0) is 12.2. The summed E-state index contributed by atoms with van der Waals surface area (Å²) in [6, 6.07) is -0.740. The van der Waals surface area contributed by atoms with Crippen LogP contribution in [0.1, 0.15) is 34.6 Å². The van der Waals surface area contributed by atoms with Crippen molar-refractivity contribution in [3.63, 3.8) is 0 Å². The molecule has 2 amide bonds. The quantitative estimate of drug-likeness (QED) is 0.663. The maximum absolute atomic E-state index is 11.7. The predicted octanol–water partition coefficient (Wildman–Crippen LogP) is 1.19. The molecule has 0 aromatic rings. The van der Waals surface area contributed by atoms with Gasteiger partial charge in [-0.05, 0) is 19.3 Å². The van der Waals surface area contributed by atoms with E-state index in [0.29, 0.717) is 0 Å². The van der Waals surface area contributed by atoms with E-state index >= 15 is 0 Å². The molecule has 0 aromatic carbocycles. The van der Waals surface area contributed by atoms with Crippen LogP contribution in [0.3, 0.4) is 0 Å². The molecular weight excluding hydrogens is 196 g/mol. The van der Waals surface area contributed by atoms with Crippen molar-refractivity contribution in [1.82, 2.24) is 10.6 Å². The Morgan fingerprint density at radius 3 is 1.87 bits per heavy atom. The van der Waals surface area contributed by atoms with Crippen LogP contribution in [0.4, 0.5) is 4.79 Å². The van der Waals surface area contributed by atoms with Gasteiger partial charge in [0.2, 0.25) is 5.91 Å². The first-order valence-electron chi connectivity index (χ1n) is 4.94. The molecule has 0 aliphatic carbocycles. The van der Waals surface area contributed by atoms with Crippen molar-refractivity contribution in [2.75, 3.05) is 0 Å². The van der Waals surface area contributed by atoms with Crippen LogP contribution in [-0.2, 0) is 4.79 Å². The standard InChI is InChI=1S/C10H20N2O3/c1-6(2)11-8(13)7(10(3,4)5)12-9(14)15/h6-7,12H,1-5H3,(H,11,13)(H,14,15). The number of rotatable bonds is 3. The minimum atomic E-state index is -1.19. The van der Waals surface area contributed by atoms with E-state index in [4.69, 9.17) is 5.11 Å². The summed E-state index contributed by atoms with van der Waals surface area (Å²) in [5, 5.41) is 13.6. The Hall–Kier alpha value is -1.26. The summed E-state index contributed by atoms with van der Waals surface area (Å²) < 4.78 is 0. The molecule has 0 fully saturated rings. The van der Waals surface area contributed by atoms with Gasteiger partial charge in [-0.3, -0.25) is 4.79 Å². The summed E-state index contributed by atoms with van der Waals surface area (Å²) in [5.74, 6) is -0.292. The molecule has 0 rings (SSSR count). The van der Waals surface area contributed by atoms with Gasteiger partial charge in [-0.15, -0.1) is 0 Å². The third-order valence-electron chi connectivity index (χ3n) is 1.83. The Morgan fingerprint density at radius 2 is 1.60 bits per heavy atom. The summed E-state index contributed by atoms with van der Waals surface area (Å²) >= 11 is 0. The van der Waals surface area contributed by atoms with E-state index in [9.17, 15) is 9.59 Å². The van der Waals surface area contributed by atoms with E-state index in [-0.39, 0.29) is 11.9 Å². The average Bonchev–Trinajstić information content (AvgIpc) is 1.95. The molecule has 0 saturated carbocycles. The second-order valence-electron chi connectivity index (χ2n) is 4.91. The second kappa shape index (κ2) is 5.00. The Bertz CT molecular complexity index is 244. The normalized spacial score (nSPS) is 13.5. The van der Waals surface area contributed by atoms with Crippen LogP contribution in [-0.4, -0.2) is 29.2 Å². The molecule has 1 atom stereocenters. The van der Waals surface area contributed by atoms with Crippen LogP contribution in [0.25, 0.3) is 0 Å². The van der Waals surface area contributed by atoms with Gasteiger partial charge in [-0.1, -0.05) is 20.8 Å². The highest BCUT2D eigenvalue weighted by Crippen LogP contribution is 2.19. The van der Waals surface area contributed by atoms with Gasteiger partial charge in [-0.25, -0.2) is 4.79 Å². The zero-order valence-electron chi connectivity index (χ0n) is 9.92. The molecule has 5 nitrogen and oxygen atoms in total. The maximum atomic E-state index is 11.7. The zero-order valence-corrected chi connectivity index (χ0v) is 9.92. The molecule has 0 aliphatic rings. The van der Waals surface area contributed by atoms with Crippen LogP contribution in [0.2, 0.25) is 0 Å². The van der Waals surface area contributed by atoms with Crippen molar-refractivity contribution in [3.05, 3.63) is 0 Å². The monoisotopic (exact) mass is 216 g/mol. The molecular formula is C10H20N2O3. The summed E-state index contributed by atoms with van der Waals surface area (Å²) in [7, 11) is 0. The number of amides is 2. The number of nitrogens with one attached hydrogen (secondary N) is 2. The highest BCUT2D eigenvalue weighted by molar-refractivity contribution is 5.86. The van der Waals surface area contributed by atoms with Gasteiger partial charge >= 0.3 is 6.09 Å². The lowest BCUT2D eigenvalue weighted by Crippen LogP contribution is -2.54. The van der Waals surface area contributed by atoms with Crippen LogP contribution >= 0.6 is 0 Å². The van der Waals surface area contributed by atoms with E-state index in [1.165, 1.54) is 0 Å². The number of carbonyl (C=O) groups is 2. The number of hydrogen-bond acceptors (Lipinski definition) is 2. The van der Waals surface area contributed by atoms with Crippen LogP contribution in [0, 0.1) is 5.41 Å². The molecule has 0 aliphatic heterocycles. The number of hydrogen-bond donors (Lipinski definition) is 3. The largest absolute Gasteiger partial charge is 0.465 e. The number of carboxylic acid groups (broad SMARTS) is 1. The predicted molar refractivity (Wildman–Crippen MR) is 57.7 cm³/mol. The van der Waals surface area contributed by atoms with Gasteiger partial charge < -0.3 is 15.7 Å². The van der Waals surface area contributed by atoms with Crippen LogP contribution in [0.5, 0.6) is 0 Å². The highest BCUT2D eigenvalue weighted by atomic mass is 16.4. The van der Waals surface area contributed by atoms with E-state index in [2.05, 4.69) is 10.6 Å². The molecule has 0 saturated heterocycles. The van der Waals surface area contributed by atoms with E-state index in [1.807, 2.05) is 34.6 Å².